The van der Waals surface area contributed by atoms with E-state index < -0.39 is 6.04 Å². The Morgan fingerprint density at radius 1 is 1.03 bits per heavy atom. The van der Waals surface area contributed by atoms with Gasteiger partial charge in [-0.25, -0.2) is 0 Å². The SMILES string of the molecule is N[C@@H](CC(=O)N1CCC[C@H]1C(=O)NCc1ccccc1OCC(=O)NC1CC1)Cc1ccccc1. The molecule has 8 nitrogen and oxygen atoms in total. The Hall–Kier alpha value is -3.39. The van der Waals surface area contributed by atoms with Gasteiger partial charge < -0.3 is 26.0 Å². The number of nitrogens with two attached hydrogens (primary N) is 1. The first-order valence-corrected chi connectivity index (χ1v) is 12.4. The van der Waals surface area contributed by atoms with E-state index in [9.17, 15) is 14.4 Å². The van der Waals surface area contributed by atoms with Gasteiger partial charge in [-0.2, -0.15) is 0 Å². The van der Waals surface area contributed by atoms with Gasteiger partial charge in [-0.05, 0) is 43.7 Å². The van der Waals surface area contributed by atoms with Gasteiger partial charge in [0.2, 0.25) is 11.8 Å². The Balaban J connectivity index is 1.27. The first-order chi connectivity index (χ1) is 17.0. The monoisotopic (exact) mass is 478 g/mol. The van der Waals surface area contributed by atoms with E-state index in [4.69, 9.17) is 10.5 Å². The van der Waals surface area contributed by atoms with Crippen molar-refractivity contribution in [2.45, 2.75) is 63.2 Å². The number of para-hydroxylation sites is 1. The molecule has 2 atom stereocenters. The van der Waals surface area contributed by atoms with Gasteiger partial charge in [0.1, 0.15) is 11.8 Å². The fourth-order valence-corrected chi connectivity index (χ4v) is 4.40. The third-order valence-electron chi connectivity index (χ3n) is 6.38. The minimum absolute atomic E-state index is 0.0599. The number of carbonyl (C=O) groups is 3. The van der Waals surface area contributed by atoms with Gasteiger partial charge in [0, 0.05) is 37.2 Å². The maximum Gasteiger partial charge on any atom is 0.258 e. The number of benzene rings is 2. The lowest BCUT2D eigenvalue weighted by atomic mass is 10.0. The first kappa shape index (κ1) is 24.7. The van der Waals surface area contributed by atoms with E-state index in [-0.39, 0.29) is 49.4 Å². The molecule has 0 aromatic heterocycles. The number of nitrogens with zero attached hydrogens (tertiary/aromatic N) is 1. The third kappa shape index (κ3) is 7.29. The van der Waals surface area contributed by atoms with Crippen LogP contribution in [0, 0.1) is 0 Å². The molecule has 0 spiro atoms. The molecule has 2 aromatic carbocycles. The minimum Gasteiger partial charge on any atom is -0.483 e. The van der Waals surface area contributed by atoms with E-state index >= 15 is 0 Å². The molecule has 0 bridgehead atoms. The molecule has 1 aliphatic heterocycles. The van der Waals surface area contributed by atoms with Crippen LogP contribution in [0.15, 0.2) is 54.6 Å². The number of carbonyl (C=O) groups excluding carboxylic acids is 3. The molecule has 4 N–H and O–H groups in total. The molecule has 0 radical (unpaired) electrons. The van der Waals surface area contributed by atoms with Crippen LogP contribution in [0.25, 0.3) is 0 Å². The zero-order valence-corrected chi connectivity index (χ0v) is 19.9. The molecule has 0 unspecified atom stereocenters. The smallest absolute Gasteiger partial charge is 0.258 e. The van der Waals surface area contributed by atoms with Crippen molar-refractivity contribution in [1.29, 1.82) is 0 Å². The standard InChI is InChI=1S/C27H34N4O4/c28-21(15-19-7-2-1-3-8-19)16-26(33)31-14-6-10-23(31)27(34)29-17-20-9-4-5-11-24(20)35-18-25(32)30-22-12-13-22/h1-5,7-9,11,21-23H,6,10,12-18,28H2,(H,29,34)(H,30,32)/t21-,23+/m1/s1. The zero-order valence-electron chi connectivity index (χ0n) is 19.9. The fraction of sp³-hybridized carbons (Fsp3) is 0.444. The molecule has 186 valence electrons. The molecule has 1 saturated heterocycles. The number of rotatable bonds is 11. The second-order valence-electron chi connectivity index (χ2n) is 9.36. The summed E-state index contributed by atoms with van der Waals surface area (Å²) < 4.78 is 5.70. The van der Waals surface area contributed by atoms with Crippen molar-refractivity contribution in [2.75, 3.05) is 13.2 Å². The van der Waals surface area contributed by atoms with Gasteiger partial charge in [-0.1, -0.05) is 48.5 Å². The number of amides is 3. The Labute approximate surface area is 206 Å². The van der Waals surface area contributed by atoms with E-state index in [1.807, 2.05) is 48.5 Å². The Morgan fingerprint density at radius 2 is 1.77 bits per heavy atom. The lowest BCUT2D eigenvalue weighted by Gasteiger charge is -2.25. The predicted molar refractivity (Wildman–Crippen MR) is 132 cm³/mol. The van der Waals surface area contributed by atoms with Crippen molar-refractivity contribution in [2.24, 2.45) is 5.73 Å². The third-order valence-corrected chi connectivity index (χ3v) is 6.38. The predicted octanol–water partition coefficient (Wildman–Crippen LogP) is 1.91. The summed E-state index contributed by atoms with van der Waals surface area (Å²) in [6.45, 7) is 0.756. The van der Waals surface area contributed by atoms with Crippen LogP contribution in [0.3, 0.4) is 0 Å². The lowest BCUT2D eigenvalue weighted by molar-refractivity contribution is -0.138. The molecule has 2 aromatic rings. The van der Waals surface area contributed by atoms with Crippen molar-refractivity contribution in [3.63, 3.8) is 0 Å². The molecule has 1 heterocycles. The van der Waals surface area contributed by atoms with Crippen LogP contribution >= 0.6 is 0 Å². The highest BCUT2D eigenvalue weighted by Crippen LogP contribution is 2.22. The maximum atomic E-state index is 13.0. The quantitative estimate of drug-likeness (QED) is 0.457. The van der Waals surface area contributed by atoms with Crippen molar-refractivity contribution >= 4 is 17.7 Å². The number of hydrogen-bond acceptors (Lipinski definition) is 5. The molecule has 1 aliphatic carbocycles. The fourth-order valence-electron chi connectivity index (χ4n) is 4.40. The van der Waals surface area contributed by atoms with Crippen LogP contribution in [0.5, 0.6) is 5.75 Å². The second-order valence-corrected chi connectivity index (χ2v) is 9.36. The van der Waals surface area contributed by atoms with E-state index in [2.05, 4.69) is 10.6 Å². The molecule has 3 amide bonds. The second kappa shape index (κ2) is 11.8. The number of likely N-dealkylation sites (tertiary alicyclic amines) is 1. The van der Waals surface area contributed by atoms with E-state index in [0.29, 0.717) is 25.1 Å². The Kier molecular flexibility index (Phi) is 8.36. The molecule has 8 heteroatoms. The highest BCUT2D eigenvalue weighted by Gasteiger charge is 2.34. The van der Waals surface area contributed by atoms with Gasteiger partial charge >= 0.3 is 0 Å². The Bertz CT molecular complexity index is 1020. The molecule has 35 heavy (non-hydrogen) atoms. The summed E-state index contributed by atoms with van der Waals surface area (Å²) in [5.41, 5.74) is 8.11. The molecule has 2 fully saturated rings. The molecule has 2 aliphatic rings. The van der Waals surface area contributed by atoms with Crippen LogP contribution in [0.4, 0.5) is 0 Å². The van der Waals surface area contributed by atoms with Crippen molar-refractivity contribution in [3.8, 4) is 5.75 Å². The number of hydrogen-bond donors (Lipinski definition) is 3. The minimum atomic E-state index is -0.496. The maximum absolute atomic E-state index is 13.0. The van der Waals surface area contributed by atoms with Crippen molar-refractivity contribution in [3.05, 3.63) is 65.7 Å². The van der Waals surface area contributed by atoms with Gasteiger partial charge in [0.05, 0.1) is 0 Å². The molecular weight excluding hydrogens is 444 g/mol. The van der Waals surface area contributed by atoms with Crippen LogP contribution in [0.2, 0.25) is 0 Å². The molecule has 4 rings (SSSR count). The number of ether oxygens (including phenoxy) is 1. The molecular formula is C27H34N4O4. The topological polar surface area (TPSA) is 114 Å². The van der Waals surface area contributed by atoms with Crippen LogP contribution in [-0.4, -0.2) is 53.9 Å². The largest absolute Gasteiger partial charge is 0.483 e. The average Bonchev–Trinajstić information content (AvgIpc) is 3.52. The summed E-state index contributed by atoms with van der Waals surface area (Å²) in [6.07, 6.45) is 4.28. The summed E-state index contributed by atoms with van der Waals surface area (Å²) in [4.78, 5) is 39.5. The normalized spacial score (nSPS) is 18.1. The summed E-state index contributed by atoms with van der Waals surface area (Å²) in [6, 6.07) is 16.7. The van der Waals surface area contributed by atoms with E-state index in [1.54, 1.807) is 11.0 Å². The highest BCUT2D eigenvalue weighted by atomic mass is 16.5. The van der Waals surface area contributed by atoms with Gasteiger partial charge in [0.25, 0.3) is 5.91 Å². The lowest BCUT2D eigenvalue weighted by Crippen LogP contribution is -2.47. The van der Waals surface area contributed by atoms with Crippen LogP contribution in [0.1, 0.15) is 43.2 Å². The molecule has 1 saturated carbocycles. The van der Waals surface area contributed by atoms with Gasteiger partial charge in [-0.3, -0.25) is 14.4 Å². The van der Waals surface area contributed by atoms with E-state index in [0.717, 1.165) is 30.4 Å². The Morgan fingerprint density at radius 3 is 2.54 bits per heavy atom. The first-order valence-electron chi connectivity index (χ1n) is 12.4. The van der Waals surface area contributed by atoms with Gasteiger partial charge in [0.15, 0.2) is 6.61 Å². The summed E-state index contributed by atoms with van der Waals surface area (Å²) >= 11 is 0. The average molecular weight is 479 g/mol. The van der Waals surface area contributed by atoms with Crippen molar-refractivity contribution < 1.29 is 19.1 Å². The summed E-state index contributed by atoms with van der Waals surface area (Å²) in [7, 11) is 0. The van der Waals surface area contributed by atoms with Gasteiger partial charge in [-0.15, -0.1) is 0 Å². The van der Waals surface area contributed by atoms with Crippen molar-refractivity contribution in [1.82, 2.24) is 15.5 Å². The van der Waals surface area contributed by atoms with Crippen LogP contribution in [-0.2, 0) is 27.3 Å². The highest BCUT2D eigenvalue weighted by molar-refractivity contribution is 5.88. The van der Waals surface area contributed by atoms with Crippen LogP contribution < -0.4 is 21.1 Å². The summed E-state index contributed by atoms with van der Waals surface area (Å²) in [5, 5.41) is 5.84. The van der Waals surface area contributed by atoms with E-state index in [1.165, 1.54) is 0 Å². The number of nitrogens with one attached hydrogen (secondary N) is 2. The summed E-state index contributed by atoms with van der Waals surface area (Å²) in [5.74, 6) is 0.146. The zero-order chi connectivity index (χ0) is 24.6.